The van der Waals surface area contributed by atoms with Crippen LogP contribution in [0, 0.1) is 13.8 Å². The van der Waals surface area contributed by atoms with Crippen molar-refractivity contribution >= 4 is 38.8 Å². The molecule has 26 heavy (non-hydrogen) atoms. The van der Waals surface area contributed by atoms with E-state index in [1.807, 2.05) is 32.0 Å². The predicted molar refractivity (Wildman–Crippen MR) is 104 cm³/mol. The molecule has 2 fully saturated rings. The zero-order valence-corrected chi connectivity index (χ0v) is 16.1. The first-order valence-electron chi connectivity index (χ1n) is 8.44. The van der Waals surface area contributed by atoms with Gasteiger partial charge in [-0.05, 0) is 43.2 Å². The SMILES string of the molecule is Cc1cccc(N2C(=O)N(c3ccccc3Cl)[C@@H]3CS(=O)(=O)C[C@H]32)c1C. The molecule has 136 valence electrons. The topological polar surface area (TPSA) is 57.7 Å². The summed E-state index contributed by atoms with van der Waals surface area (Å²) >= 11 is 6.32. The van der Waals surface area contributed by atoms with E-state index < -0.39 is 21.9 Å². The molecule has 5 nitrogen and oxygen atoms in total. The van der Waals surface area contributed by atoms with Crippen LogP contribution in [0.3, 0.4) is 0 Å². The van der Waals surface area contributed by atoms with Crippen LogP contribution in [-0.4, -0.2) is 38.0 Å². The van der Waals surface area contributed by atoms with Crippen LogP contribution < -0.4 is 9.80 Å². The van der Waals surface area contributed by atoms with E-state index in [0.29, 0.717) is 10.7 Å². The van der Waals surface area contributed by atoms with Crippen molar-refractivity contribution in [3.63, 3.8) is 0 Å². The van der Waals surface area contributed by atoms with Gasteiger partial charge in [-0.3, -0.25) is 9.80 Å². The number of rotatable bonds is 2. The summed E-state index contributed by atoms with van der Waals surface area (Å²) in [4.78, 5) is 16.5. The molecule has 2 aliphatic heterocycles. The zero-order valence-electron chi connectivity index (χ0n) is 14.5. The third-order valence-corrected chi connectivity index (χ3v) is 7.33. The van der Waals surface area contributed by atoms with Gasteiger partial charge in [-0.25, -0.2) is 13.2 Å². The number of halogens is 1. The Kier molecular flexibility index (Phi) is 4.00. The first kappa shape index (κ1) is 17.4. The van der Waals surface area contributed by atoms with E-state index in [-0.39, 0.29) is 17.5 Å². The van der Waals surface area contributed by atoms with Gasteiger partial charge in [0.25, 0.3) is 0 Å². The molecular formula is C19H19ClN2O3S. The predicted octanol–water partition coefficient (Wildman–Crippen LogP) is 3.57. The zero-order chi connectivity index (χ0) is 18.6. The van der Waals surface area contributed by atoms with Crippen molar-refractivity contribution in [2.45, 2.75) is 25.9 Å². The number of urea groups is 1. The van der Waals surface area contributed by atoms with Crippen LogP contribution in [-0.2, 0) is 9.84 Å². The second-order valence-electron chi connectivity index (χ2n) is 6.90. The van der Waals surface area contributed by atoms with Crippen molar-refractivity contribution in [1.29, 1.82) is 0 Å². The Labute approximate surface area is 158 Å². The molecule has 2 aromatic carbocycles. The van der Waals surface area contributed by atoms with Crippen molar-refractivity contribution in [2.24, 2.45) is 0 Å². The van der Waals surface area contributed by atoms with Gasteiger partial charge in [0, 0.05) is 5.69 Å². The van der Waals surface area contributed by atoms with Gasteiger partial charge in [0.1, 0.15) is 0 Å². The molecule has 0 saturated carbocycles. The Balaban J connectivity index is 1.87. The fourth-order valence-corrected chi connectivity index (χ4v) is 6.06. The standard InChI is InChI=1S/C19H19ClN2O3S/c1-12-6-5-9-15(13(12)2)21-17-10-26(24,25)11-18(17)22(19(21)23)16-8-4-3-7-14(16)20/h3-9,17-18H,10-11H2,1-2H3/t17-,18-/m1/s1. The summed E-state index contributed by atoms with van der Waals surface area (Å²) in [5.41, 5.74) is 3.35. The highest BCUT2D eigenvalue weighted by atomic mass is 35.5. The highest BCUT2D eigenvalue weighted by Gasteiger charge is 2.55. The van der Waals surface area contributed by atoms with Crippen LogP contribution in [0.1, 0.15) is 11.1 Å². The molecule has 2 saturated heterocycles. The Bertz CT molecular complexity index is 1010. The highest BCUT2D eigenvalue weighted by Crippen LogP contribution is 2.41. The van der Waals surface area contributed by atoms with Gasteiger partial charge < -0.3 is 0 Å². The molecule has 0 unspecified atom stereocenters. The molecule has 4 rings (SSSR count). The number of aryl methyl sites for hydroxylation is 1. The largest absolute Gasteiger partial charge is 0.329 e. The molecule has 0 N–H and O–H groups in total. The fraction of sp³-hybridized carbons (Fsp3) is 0.316. The van der Waals surface area contributed by atoms with Gasteiger partial charge >= 0.3 is 6.03 Å². The molecule has 0 aromatic heterocycles. The summed E-state index contributed by atoms with van der Waals surface area (Å²) in [5, 5.41) is 0.437. The van der Waals surface area contributed by atoms with Crippen molar-refractivity contribution in [1.82, 2.24) is 0 Å². The lowest BCUT2D eigenvalue weighted by Gasteiger charge is -2.25. The minimum absolute atomic E-state index is 0.0300. The van der Waals surface area contributed by atoms with Crippen LogP contribution in [0.5, 0.6) is 0 Å². The lowest BCUT2D eigenvalue weighted by atomic mass is 10.1. The molecule has 2 aliphatic rings. The van der Waals surface area contributed by atoms with Gasteiger partial charge in [-0.2, -0.15) is 0 Å². The number of para-hydroxylation sites is 1. The number of carbonyl (C=O) groups excluding carboxylic acids is 1. The normalized spacial score (nSPS) is 24.2. The van der Waals surface area contributed by atoms with E-state index in [2.05, 4.69) is 0 Å². The molecular weight excluding hydrogens is 372 g/mol. The lowest BCUT2D eigenvalue weighted by Crippen LogP contribution is -2.38. The highest BCUT2D eigenvalue weighted by molar-refractivity contribution is 7.91. The summed E-state index contributed by atoms with van der Waals surface area (Å²) in [6, 6.07) is 11.7. The Morgan fingerprint density at radius 1 is 0.923 bits per heavy atom. The van der Waals surface area contributed by atoms with Crippen LogP contribution >= 0.6 is 11.6 Å². The van der Waals surface area contributed by atoms with Crippen molar-refractivity contribution in [2.75, 3.05) is 21.3 Å². The number of amides is 2. The maximum atomic E-state index is 13.3. The maximum absolute atomic E-state index is 13.3. The average Bonchev–Trinajstić information content (AvgIpc) is 3.00. The van der Waals surface area contributed by atoms with Crippen molar-refractivity contribution < 1.29 is 13.2 Å². The van der Waals surface area contributed by atoms with Gasteiger partial charge in [0.05, 0.1) is 34.3 Å². The summed E-state index contributed by atoms with van der Waals surface area (Å²) in [7, 11) is -3.23. The smallest absolute Gasteiger partial charge is 0.288 e. The number of anilines is 2. The van der Waals surface area contributed by atoms with E-state index in [1.165, 1.54) is 0 Å². The summed E-state index contributed by atoms with van der Waals surface area (Å²) < 4.78 is 24.7. The van der Waals surface area contributed by atoms with Crippen molar-refractivity contribution in [3.05, 3.63) is 58.6 Å². The first-order chi connectivity index (χ1) is 12.3. The van der Waals surface area contributed by atoms with E-state index in [0.717, 1.165) is 16.8 Å². The Morgan fingerprint density at radius 2 is 1.50 bits per heavy atom. The minimum Gasteiger partial charge on any atom is -0.288 e. The molecule has 0 spiro atoms. The summed E-state index contributed by atoms with van der Waals surface area (Å²) in [5.74, 6) is -0.0757. The molecule has 2 aromatic rings. The van der Waals surface area contributed by atoms with Gasteiger partial charge in [-0.15, -0.1) is 0 Å². The van der Waals surface area contributed by atoms with Crippen LogP contribution in [0.4, 0.5) is 16.2 Å². The minimum atomic E-state index is -3.23. The number of nitrogens with zero attached hydrogens (tertiary/aromatic N) is 2. The number of carbonyl (C=O) groups is 1. The molecule has 7 heteroatoms. The van der Waals surface area contributed by atoms with Gasteiger partial charge in [0.15, 0.2) is 9.84 Å². The number of hydrogen-bond acceptors (Lipinski definition) is 3. The lowest BCUT2D eigenvalue weighted by molar-refractivity contribution is 0.255. The van der Waals surface area contributed by atoms with Crippen LogP contribution in [0.15, 0.2) is 42.5 Å². The van der Waals surface area contributed by atoms with E-state index in [9.17, 15) is 13.2 Å². The number of benzene rings is 2. The molecule has 2 atom stereocenters. The van der Waals surface area contributed by atoms with E-state index in [4.69, 9.17) is 11.6 Å². The Hall–Kier alpha value is -2.05. The molecule has 0 bridgehead atoms. The molecule has 0 radical (unpaired) electrons. The number of hydrogen-bond donors (Lipinski definition) is 0. The second kappa shape index (κ2) is 5.99. The molecule has 2 heterocycles. The Morgan fingerprint density at radius 3 is 2.15 bits per heavy atom. The van der Waals surface area contributed by atoms with Gasteiger partial charge in [0.2, 0.25) is 0 Å². The van der Waals surface area contributed by atoms with E-state index in [1.54, 1.807) is 34.1 Å². The van der Waals surface area contributed by atoms with E-state index >= 15 is 0 Å². The summed E-state index contributed by atoms with van der Waals surface area (Å²) in [6.45, 7) is 3.93. The monoisotopic (exact) mass is 390 g/mol. The quantitative estimate of drug-likeness (QED) is 0.736. The summed E-state index contributed by atoms with van der Waals surface area (Å²) in [6.07, 6.45) is 0. The average molecular weight is 391 g/mol. The number of fused-ring (bicyclic) bond motifs is 1. The third kappa shape index (κ3) is 2.59. The molecule has 0 aliphatic carbocycles. The van der Waals surface area contributed by atoms with Crippen molar-refractivity contribution in [3.8, 4) is 0 Å². The van der Waals surface area contributed by atoms with Crippen LogP contribution in [0.2, 0.25) is 5.02 Å². The second-order valence-corrected chi connectivity index (χ2v) is 9.47. The maximum Gasteiger partial charge on any atom is 0.329 e. The van der Waals surface area contributed by atoms with Crippen LogP contribution in [0.25, 0.3) is 0 Å². The fourth-order valence-electron chi connectivity index (χ4n) is 3.91. The number of sulfone groups is 1. The first-order valence-corrected chi connectivity index (χ1v) is 10.6. The third-order valence-electron chi connectivity index (χ3n) is 5.32. The molecule has 2 amide bonds. The van der Waals surface area contributed by atoms with Gasteiger partial charge in [-0.1, -0.05) is 35.9 Å².